The van der Waals surface area contributed by atoms with E-state index in [0.717, 1.165) is 12.1 Å². The normalized spacial score (nSPS) is 11.3. The number of benzene rings is 2. The molecule has 1 amide bonds. The number of nitrogens with one attached hydrogen (secondary N) is 1. The second kappa shape index (κ2) is 9.94. The van der Waals surface area contributed by atoms with E-state index < -0.39 is 22.6 Å². The number of hydrogen-bond donors (Lipinski definition) is 1. The van der Waals surface area contributed by atoms with Gasteiger partial charge in [0.25, 0.3) is 11.6 Å². The van der Waals surface area contributed by atoms with Gasteiger partial charge in [-0.1, -0.05) is 12.1 Å². The summed E-state index contributed by atoms with van der Waals surface area (Å²) in [6, 6.07) is 12.3. The van der Waals surface area contributed by atoms with E-state index in [2.05, 4.69) is 10.4 Å². The van der Waals surface area contributed by atoms with E-state index in [1.165, 1.54) is 47.4 Å². The zero-order valence-corrected chi connectivity index (χ0v) is 18.8. The minimum atomic E-state index is -4.44. The molecule has 9 nitrogen and oxygen atoms in total. The molecule has 0 fully saturated rings. The molecular formula is C24H19F3N4O5. The molecule has 0 aliphatic rings. The smallest absolute Gasteiger partial charge is 0.416 e. The van der Waals surface area contributed by atoms with Crippen molar-refractivity contribution in [3.63, 3.8) is 0 Å². The third-order valence-electron chi connectivity index (χ3n) is 5.12. The largest absolute Gasteiger partial charge is 0.486 e. The number of amides is 1. The minimum absolute atomic E-state index is 0.000543. The number of furan rings is 1. The van der Waals surface area contributed by atoms with Crippen LogP contribution in [0.1, 0.15) is 33.0 Å². The molecule has 4 aromatic rings. The molecule has 2 aromatic carbocycles. The third-order valence-corrected chi connectivity index (χ3v) is 5.12. The first-order chi connectivity index (χ1) is 17.1. The first-order valence-corrected chi connectivity index (χ1v) is 10.5. The summed E-state index contributed by atoms with van der Waals surface area (Å²) in [4.78, 5) is 22.9. The van der Waals surface area contributed by atoms with Gasteiger partial charge in [0.05, 0.1) is 28.9 Å². The predicted octanol–water partition coefficient (Wildman–Crippen LogP) is 5.59. The monoisotopic (exact) mass is 500 g/mol. The van der Waals surface area contributed by atoms with Gasteiger partial charge in [0.2, 0.25) is 0 Å². The van der Waals surface area contributed by atoms with Crippen molar-refractivity contribution in [3.8, 4) is 5.75 Å². The van der Waals surface area contributed by atoms with E-state index >= 15 is 0 Å². The number of carbonyl (C=O) groups excluding carboxylic acids is 1. The lowest BCUT2D eigenvalue weighted by atomic mass is 10.1. The van der Waals surface area contributed by atoms with Crippen molar-refractivity contribution in [1.29, 1.82) is 0 Å². The van der Waals surface area contributed by atoms with Crippen molar-refractivity contribution in [2.75, 3.05) is 5.32 Å². The highest BCUT2D eigenvalue weighted by Gasteiger charge is 2.30. The topological polar surface area (TPSA) is 112 Å². The highest BCUT2D eigenvalue weighted by molar-refractivity contribution is 6.02. The average molecular weight is 500 g/mol. The molecule has 2 heterocycles. The number of hydrogen-bond acceptors (Lipinski definition) is 6. The average Bonchev–Trinajstić information content (AvgIpc) is 3.47. The number of nitrogens with zero attached hydrogens (tertiary/aromatic N) is 3. The molecule has 1 N–H and O–H groups in total. The Bertz CT molecular complexity index is 1410. The van der Waals surface area contributed by atoms with Crippen molar-refractivity contribution < 1.29 is 32.0 Å². The zero-order valence-electron chi connectivity index (χ0n) is 18.8. The second-order valence-corrected chi connectivity index (χ2v) is 7.84. The minimum Gasteiger partial charge on any atom is -0.486 e. The maximum Gasteiger partial charge on any atom is 0.416 e. The van der Waals surface area contributed by atoms with Gasteiger partial charge >= 0.3 is 6.18 Å². The predicted molar refractivity (Wildman–Crippen MR) is 122 cm³/mol. The lowest BCUT2D eigenvalue weighted by Crippen LogP contribution is -2.10. The van der Waals surface area contributed by atoms with Crippen LogP contribution in [0.25, 0.3) is 0 Å². The van der Waals surface area contributed by atoms with Crippen molar-refractivity contribution >= 4 is 17.3 Å². The van der Waals surface area contributed by atoms with Crippen LogP contribution in [0.3, 0.4) is 0 Å². The Balaban J connectivity index is 1.33. The Morgan fingerprint density at radius 2 is 2.00 bits per heavy atom. The fraction of sp³-hybridized carbons (Fsp3) is 0.167. The molecule has 0 saturated carbocycles. The Morgan fingerprint density at radius 3 is 2.72 bits per heavy atom. The van der Waals surface area contributed by atoms with Crippen molar-refractivity contribution in [2.45, 2.75) is 26.3 Å². The van der Waals surface area contributed by atoms with Gasteiger partial charge in [-0.15, -0.1) is 0 Å². The van der Waals surface area contributed by atoms with Crippen LogP contribution >= 0.6 is 0 Å². The lowest BCUT2D eigenvalue weighted by Gasteiger charge is -2.08. The Morgan fingerprint density at radius 1 is 1.19 bits per heavy atom. The van der Waals surface area contributed by atoms with E-state index in [1.807, 2.05) is 0 Å². The molecule has 4 rings (SSSR count). The van der Waals surface area contributed by atoms with E-state index in [0.29, 0.717) is 28.3 Å². The fourth-order valence-corrected chi connectivity index (χ4v) is 3.39. The van der Waals surface area contributed by atoms with Gasteiger partial charge in [0.15, 0.2) is 5.76 Å². The third kappa shape index (κ3) is 5.90. The van der Waals surface area contributed by atoms with Crippen LogP contribution in [-0.4, -0.2) is 20.6 Å². The lowest BCUT2D eigenvalue weighted by molar-refractivity contribution is -0.385. The van der Waals surface area contributed by atoms with Crippen LogP contribution in [0.5, 0.6) is 5.75 Å². The van der Waals surface area contributed by atoms with Crippen LogP contribution in [-0.2, 0) is 19.3 Å². The molecule has 12 heteroatoms. The van der Waals surface area contributed by atoms with Crippen molar-refractivity contribution in [1.82, 2.24) is 9.78 Å². The summed E-state index contributed by atoms with van der Waals surface area (Å²) in [5.74, 6) is 0.232. The fourth-order valence-electron chi connectivity index (χ4n) is 3.39. The van der Waals surface area contributed by atoms with Gasteiger partial charge in [-0.2, -0.15) is 18.3 Å². The van der Waals surface area contributed by atoms with Gasteiger partial charge in [-0.25, -0.2) is 0 Å². The summed E-state index contributed by atoms with van der Waals surface area (Å²) < 4.78 is 51.2. The zero-order chi connectivity index (χ0) is 25.9. The number of halogens is 3. The standard InChI is InChI=1S/C24H19F3N4O5/c1-15-9-19(5-7-21(15)31(33)34)35-14-20-6-8-22(36-20)23(32)29-18-11-28-30(13-18)12-16-3-2-4-17(10-16)24(25,26)27/h2-11,13H,12,14H2,1H3,(H,29,32). The molecule has 0 bridgehead atoms. The quantitative estimate of drug-likeness (QED) is 0.249. The SMILES string of the molecule is Cc1cc(OCc2ccc(C(=O)Nc3cnn(Cc4cccc(C(F)(F)F)c4)c3)o2)ccc1[N+](=O)[O-]. The van der Waals surface area contributed by atoms with Gasteiger partial charge in [0, 0.05) is 17.8 Å². The molecule has 0 aliphatic carbocycles. The van der Waals surface area contributed by atoms with E-state index in [4.69, 9.17) is 9.15 Å². The summed E-state index contributed by atoms with van der Waals surface area (Å²) in [5.41, 5.74) is 0.428. The highest BCUT2D eigenvalue weighted by atomic mass is 19.4. The van der Waals surface area contributed by atoms with Gasteiger partial charge in [-0.3, -0.25) is 19.6 Å². The summed E-state index contributed by atoms with van der Waals surface area (Å²) in [5, 5.41) is 17.6. The van der Waals surface area contributed by atoms with Crippen LogP contribution in [0.4, 0.5) is 24.5 Å². The van der Waals surface area contributed by atoms with Gasteiger partial charge < -0.3 is 14.5 Å². The van der Waals surface area contributed by atoms with E-state index in [-0.39, 0.29) is 24.6 Å². The van der Waals surface area contributed by atoms with Crippen LogP contribution in [0, 0.1) is 17.0 Å². The molecule has 0 radical (unpaired) electrons. The van der Waals surface area contributed by atoms with E-state index in [1.54, 1.807) is 19.1 Å². The number of aromatic nitrogens is 2. The van der Waals surface area contributed by atoms with E-state index in [9.17, 15) is 28.1 Å². The number of rotatable bonds is 8. The maximum absolute atomic E-state index is 12.9. The molecule has 186 valence electrons. The first-order valence-electron chi connectivity index (χ1n) is 10.5. The van der Waals surface area contributed by atoms with Gasteiger partial charge in [-0.05, 0) is 48.9 Å². The van der Waals surface area contributed by atoms with Crippen molar-refractivity contribution in [3.05, 3.63) is 105 Å². The number of carbonyl (C=O) groups is 1. The second-order valence-electron chi connectivity index (χ2n) is 7.84. The first kappa shape index (κ1) is 24.5. The Kier molecular flexibility index (Phi) is 6.77. The molecular weight excluding hydrogens is 481 g/mol. The van der Waals surface area contributed by atoms with Crippen LogP contribution in [0.15, 0.2) is 71.4 Å². The summed E-state index contributed by atoms with van der Waals surface area (Å²) in [6.45, 7) is 1.69. The number of nitro groups is 1. The van der Waals surface area contributed by atoms with Crippen molar-refractivity contribution in [2.24, 2.45) is 0 Å². The Hall–Kier alpha value is -4.61. The molecule has 2 aromatic heterocycles. The molecule has 0 saturated heterocycles. The maximum atomic E-state index is 12.9. The molecule has 0 atom stereocenters. The number of aryl methyl sites for hydroxylation is 1. The number of nitro benzene ring substituents is 1. The van der Waals surface area contributed by atoms with Crippen LogP contribution < -0.4 is 10.1 Å². The summed E-state index contributed by atoms with van der Waals surface area (Å²) in [7, 11) is 0. The number of ether oxygens (including phenoxy) is 1. The highest BCUT2D eigenvalue weighted by Crippen LogP contribution is 2.29. The van der Waals surface area contributed by atoms with Gasteiger partial charge in [0.1, 0.15) is 18.1 Å². The Labute approximate surface area is 202 Å². The molecule has 0 spiro atoms. The molecule has 0 aliphatic heterocycles. The summed E-state index contributed by atoms with van der Waals surface area (Å²) >= 11 is 0. The number of alkyl halides is 3. The molecule has 36 heavy (non-hydrogen) atoms. The number of anilines is 1. The van der Waals surface area contributed by atoms with Crippen LogP contribution in [0.2, 0.25) is 0 Å². The summed E-state index contributed by atoms with van der Waals surface area (Å²) in [6.07, 6.45) is -1.58. The molecule has 0 unspecified atom stereocenters.